The van der Waals surface area contributed by atoms with Crippen LogP contribution in [0.1, 0.15) is 5.56 Å². The first-order chi connectivity index (χ1) is 8.25. The predicted octanol–water partition coefficient (Wildman–Crippen LogP) is 1.68. The lowest BCUT2D eigenvalue weighted by Crippen LogP contribution is -1.95. The second-order valence-electron chi connectivity index (χ2n) is 3.91. The molecule has 3 aromatic rings. The molecular formula is C12H11N5. The maximum absolute atomic E-state index is 5.84. The number of aryl methyl sites for hydroxylation is 1. The Balaban J connectivity index is 2.32. The summed E-state index contributed by atoms with van der Waals surface area (Å²) in [4.78, 5) is 3.99. The Morgan fingerprint density at radius 1 is 1.18 bits per heavy atom. The van der Waals surface area contributed by atoms with Gasteiger partial charge in [-0.3, -0.25) is 9.38 Å². The predicted molar refractivity (Wildman–Crippen MR) is 65.4 cm³/mol. The van der Waals surface area contributed by atoms with Gasteiger partial charge in [-0.15, -0.1) is 10.2 Å². The van der Waals surface area contributed by atoms with E-state index in [-0.39, 0.29) is 0 Å². The minimum atomic E-state index is 0.699. The minimum Gasteiger partial charge on any atom is -0.398 e. The second kappa shape index (κ2) is 3.55. The highest BCUT2D eigenvalue weighted by atomic mass is 15.2. The van der Waals surface area contributed by atoms with Gasteiger partial charge >= 0.3 is 0 Å². The first-order valence-electron chi connectivity index (χ1n) is 5.27. The lowest BCUT2D eigenvalue weighted by Gasteiger charge is -2.02. The molecule has 0 aliphatic heterocycles. The van der Waals surface area contributed by atoms with Gasteiger partial charge in [0.2, 0.25) is 0 Å². The maximum atomic E-state index is 5.84. The van der Waals surface area contributed by atoms with Crippen LogP contribution in [0.25, 0.3) is 17.0 Å². The Bertz CT molecular complexity index is 672. The molecule has 0 atom stereocenters. The Morgan fingerprint density at radius 3 is 2.71 bits per heavy atom. The lowest BCUT2D eigenvalue weighted by atomic mass is 10.2. The van der Waals surface area contributed by atoms with Gasteiger partial charge in [0.25, 0.3) is 0 Å². The SMILES string of the molecule is Cc1cc(N)cn2c(-c3ccncc3)nnc12. The number of rotatable bonds is 1. The largest absolute Gasteiger partial charge is 0.398 e. The molecule has 0 bridgehead atoms. The quantitative estimate of drug-likeness (QED) is 0.684. The molecule has 0 saturated heterocycles. The molecule has 0 saturated carbocycles. The van der Waals surface area contributed by atoms with E-state index in [1.807, 2.05) is 35.7 Å². The summed E-state index contributed by atoms with van der Waals surface area (Å²) in [6.45, 7) is 1.97. The van der Waals surface area contributed by atoms with Crippen LogP contribution in [-0.4, -0.2) is 19.6 Å². The average molecular weight is 225 g/mol. The van der Waals surface area contributed by atoms with Gasteiger partial charge in [-0.25, -0.2) is 0 Å². The Kier molecular flexibility index (Phi) is 2.04. The molecular weight excluding hydrogens is 214 g/mol. The highest BCUT2D eigenvalue weighted by molar-refractivity contribution is 5.63. The van der Waals surface area contributed by atoms with E-state index < -0.39 is 0 Å². The molecule has 84 valence electrons. The van der Waals surface area contributed by atoms with Crippen LogP contribution in [-0.2, 0) is 0 Å². The first kappa shape index (κ1) is 9.77. The number of anilines is 1. The van der Waals surface area contributed by atoms with Crippen LogP contribution in [0.3, 0.4) is 0 Å². The Hall–Kier alpha value is -2.43. The maximum Gasteiger partial charge on any atom is 0.168 e. The van der Waals surface area contributed by atoms with Crippen LogP contribution >= 0.6 is 0 Å². The van der Waals surface area contributed by atoms with E-state index >= 15 is 0 Å². The summed E-state index contributed by atoms with van der Waals surface area (Å²) in [5.74, 6) is 0.776. The molecule has 3 rings (SSSR count). The van der Waals surface area contributed by atoms with Crippen molar-refractivity contribution in [1.82, 2.24) is 19.6 Å². The van der Waals surface area contributed by atoms with E-state index in [4.69, 9.17) is 5.73 Å². The van der Waals surface area contributed by atoms with Crippen LogP contribution in [0.2, 0.25) is 0 Å². The van der Waals surface area contributed by atoms with Gasteiger partial charge in [0, 0.05) is 29.8 Å². The molecule has 0 radical (unpaired) electrons. The zero-order valence-electron chi connectivity index (χ0n) is 9.33. The molecule has 2 N–H and O–H groups in total. The van der Waals surface area contributed by atoms with Crippen molar-refractivity contribution in [3.05, 3.63) is 42.4 Å². The number of nitrogens with zero attached hydrogens (tertiary/aromatic N) is 4. The summed E-state index contributed by atoms with van der Waals surface area (Å²) >= 11 is 0. The van der Waals surface area contributed by atoms with Crippen molar-refractivity contribution in [2.75, 3.05) is 5.73 Å². The fraction of sp³-hybridized carbons (Fsp3) is 0.0833. The normalized spacial score (nSPS) is 10.9. The van der Waals surface area contributed by atoms with E-state index in [1.165, 1.54) is 0 Å². The third-order valence-corrected chi connectivity index (χ3v) is 2.65. The molecule has 0 amide bonds. The van der Waals surface area contributed by atoms with Gasteiger partial charge in [-0.2, -0.15) is 0 Å². The van der Waals surface area contributed by atoms with E-state index in [9.17, 15) is 0 Å². The Morgan fingerprint density at radius 2 is 1.94 bits per heavy atom. The average Bonchev–Trinajstić information content (AvgIpc) is 2.74. The molecule has 5 nitrogen and oxygen atoms in total. The van der Waals surface area contributed by atoms with Crippen molar-refractivity contribution >= 4 is 11.3 Å². The van der Waals surface area contributed by atoms with Crippen LogP contribution in [0.15, 0.2) is 36.8 Å². The van der Waals surface area contributed by atoms with Gasteiger partial charge < -0.3 is 5.73 Å². The van der Waals surface area contributed by atoms with Crippen molar-refractivity contribution in [2.24, 2.45) is 0 Å². The Labute approximate surface area is 97.9 Å². The molecule has 3 aromatic heterocycles. The summed E-state index contributed by atoms with van der Waals surface area (Å²) in [6, 6.07) is 5.68. The molecule has 17 heavy (non-hydrogen) atoms. The van der Waals surface area contributed by atoms with Gasteiger partial charge in [0.1, 0.15) is 0 Å². The highest BCUT2D eigenvalue weighted by Gasteiger charge is 2.09. The van der Waals surface area contributed by atoms with Crippen LogP contribution in [0.4, 0.5) is 5.69 Å². The van der Waals surface area contributed by atoms with E-state index in [0.29, 0.717) is 5.69 Å². The van der Waals surface area contributed by atoms with Gasteiger partial charge in [-0.1, -0.05) is 0 Å². The number of fused-ring (bicyclic) bond motifs is 1. The van der Waals surface area contributed by atoms with Crippen molar-refractivity contribution in [3.63, 3.8) is 0 Å². The standard InChI is InChI=1S/C12H11N5/c1-8-6-10(13)7-17-11(8)15-16-12(17)9-2-4-14-5-3-9/h2-7H,13H2,1H3. The smallest absolute Gasteiger partial charge is 0.168 e. The monoisotopic (exact) mass is 225 g/mol. The molecule has 0 fully saturated rings. The fourth-order valence-corrected chi connectivity index (χ4v) is 1.88. The second-order valence-corrected chi connectivity index (χ2v) is 3.91. The summed E-state index contributed by atoms with van der Waals surface area (Å²) in [5.41, 5.74) is 9.35. The van der Waals surface area contributed by atoms with Crippen molar-refractivity contribution in [2.45, 2.75) is 6.92 Å². The zero-order chi connectivity index (χ0) is 11.8. The number of nitrogen functional groups attached to an aromatic ring is 1. The van der Waals surface area contributed by atoms with Gasteiger partial charge in [0.15, 0.2) is 11.5 Å². The van der Waals surface area contributed by atoms with Crippen LogP contribution in [0.5, 0.6) is 0 Å². The van der Waals surface area contributed by atoms with Crippen molar-refractivity contribution < 1.29 is 0 Å². The number of nitrogens with two attached hydrogens (primary N) is 1. The summed E-state index contributed by atoms with van der Waals surface area (Å²) in [7, 11) is 0. The third kappa shape index (κ3) is 1.52. The third-order valence-electron chi connectivity index (χ3n) is 2.65. The molecule has 0 aliphatic carbocycles. The number of hydrogen-bond donors (Lipinski definition) is 1. The summed E-state index contributed by atoms with van der Waals surface area (Å²) in [5, 5.41) is 8.37. The molecule has 0 aliphatic rings. The van der Waals surface area contributed by atoms with E-state index in [2.05, 4.69) is 15.2 Å². The lowest BCUT2D eigenvalue weighted by molar-refractivity contribution is 1.11. The van der Waals surface area contributed by atoms with E-state index in [0.717, 1.165) is 22.6 Å². The van der Waals surface area contributed by atoms with Crippen molar-refractivity contribution in [3.8, 4) is 11.4 Å². The molecule has 0 unspecified atom stereocenters. The van der Waals surface area contributed by atoms with Gasteiger partial charge in [0.05, 0.1) is 0 Å². The first-order valence-corrected chi connectivity index (χ1v) is 5.27. The number of aromatic nitrogens is 4. The number of pyridine rings is 2. The molecule has 0 aromatic carbocycles. The summed E-state index contributed by atoms with van der Waals surface area (Å²) < 4.78 is 1.90. The van der Waals surface area contributed by atoms with Crippen LogP contribution < -0.4 is 5.73 Å². The minimum absolute atomic E-state index is 0.699. The topological polar surface area (TPSA) is 69.1 Å². The van der Waals surface area contributed by atoms with Gasteiger partial charge in [-0.05, 0) is 30.7 Å². The highest BCUT2D eigenvalue weighted by Crippen LogP contribution is 2.20. The zero-order valence-corrected chi connectivity index (χ0v) is 9.33. The van der Waals surface area contributed by atoms with Crippen LogP contribution in [0, 0.1) is 6.92 Å². The molecule has 3 heterocycles. The molecule has 0 spiro atoms. The summed E-state index contributed by atoms with van der Waals surface area (Å²) in [6.07, 6.45) is 5.29. The van der Waals surface area contributed by atoms with Crippen molar-refractivity contribution in [1.29, 1.82) is 0 Å². The fourth-order valence-electron chi connectivity index (χ4n) is 1.88. The number of hydrogen-bond acceptors (Lipinski definition) is 4. The molecule has 5 heteroatoms. The van der Waals surface area contributed by atoms with E-state index in [1.54, 1.807) is 12.4 Å².